The van der Waals surface area contributed by atoms with E-state index in [1.807, 2.05) is 26.2 Å². The molecule has 114 valence electrons. The Morgan fingerprint density at radius 2 is 2.00 bits per heavy atom. The number of benzene rings is 1. The number of halogens is 1. The second-order valence-corrected chi connectivity index (χ2v) is 7.07. The van der Waals surface area contributed by atoms with E-state index in [9.17, 15) is 0 Å². The van der Waals surface area contributed by atoms with Gasteiger partial charge in [0, 0.05) is 27.0 Å². The third kappa shape index (κ3) is 5.34. The lowest BCUT2D eigenvalue weighted by molar-refractivity contribution is 0.261. The van der Waals surface area contributed by atoms with Crippen LogP contribution in [0.25, 0.3) is 0 Å². The molecule has 2 aromatic rings. The maximum absolute atomic E-state index is 5.69. The fourth-order valence-electron chi connectivity index (χ4n) is 1.87. The fourth-order valence-corrected chi connectivity index (χ4v) is 3.32. The average Bonchev–Trinajstić information content (AvgIpc) is 2.87. The van der Waals surface area contributed by atoms with E-state index >= 15 is 0 Å². The van der Waals surface area contributed by atoms with Crippen LogP contribution in [0.4, 0.5) is 5.69 Å². The maximum atomic E-state index is 5.69. The summed E-state index contributed by atoms with van der Waals surface area (Å²) in [5, 5.41) is 5.61. The average molecular weight is 369 g/mol. The van der Waals surface area contributed by atoms with Crippen molar-refractivity contribution >= 4 is 33.0 Å². The Labute approximate surface area is 139 Å². The number of likely N-dealkylation sites (N-methyl/N-ethyl adjacent to an activating group) is 1. The highest BCUT2D eigenvalue weighted by Gasteiger charge is 2.07. The van der Waals surface area contributed by atoms with Gasteiger partial charge in [-0.05, 0) is 67.3 Å². The minimum absolute atomic E-state index is 0.293. The molecule has 0 aliphatic heterocycles. The molecule has 0 aliphatic carbocycles. The Balaban J connectivity index is 1.87. The predicted octanol–water partition coefficient (Wildman–Crippen LogP) is 4.62. The van der Waals surface area contributed by atoms with Crippen LogP contribution in [0.15, 0.2) is 40.2 Å². The molecule has 1 N–H and O–H groups in total. The molecule has 3 nitrogen and oxygen atoms in total. The summed E-state index contributed by atoms with van der Waals surface area (Å²) >= 11 is 5.25. The third-order valence-corrected chi connectivity index (χ3v) is 4.94. The van der Waals surface area contributed by atoms with Gasteiger partial charge in [-0.1, -0.05) is 0 Å². The Hall–Kier alpha value is -1.04. The number of hydrogen-bond acceptors (Lipinski definition) is 4. The summed E-state index contributed by atoms with van der Waals surface area (Å²) in [5.74, 6) is 0.911. The molecule has 5 heteroatoms. The van der Waals surface area contributed by atoms with Crippen molar-refractivity contribution in [1.82, 2.24) is 4.90 Å². The van der Waals surface area contributed by atoms with Crippen LogP contribution in [-0.4, -0.2) is 32.1 Å². The van der Waals surface area contributed by atoms with Crippen molar-refractivity contribution in [3.05, 3.63) is 45.1 Å². The van der Waals surface area contributed by atoms with E-state index in [0.29, 0.717) is 12.6 Å². The van der Waals surface area contributed by atoms with Crippen LogP contribution in [0.2, 0.25) is 0 Å². The van der Waals surface area contributed by atoms with Crippen LogP contribution in [0.1, 0.15) is 17.8 Å². The van der Waals surface area contributed by atoms with E-state index in [4.69, 9.17) is 4.74 Å². The molecule has 1 aromatic carbocycles. The third-order valence-electron chi connectivity index (χ3n) is 3.06. The molecular weight excluding hydrogens is 348 g/mol. The van der Waals surface area contributed by atoms with Gasteiger partial charge in [0.05, 0.1) is 6.04 Å². The van der Waals surface area contributed by atoms with E-state index in [1.54, 1.807) is 11.3 Å². The van der Waals surface area contributed by atoms with Gasteiger partial charge in [0.2, 0.25) is 0 Å². The molecule has 0 bridgehead atoms. The van der Waals surface area contributed by atoms with E-state index in [2.05, 4.69) is 56.6 Å². The van der Waals surface area contributed by atoms with Gasteiger partial charge in [-0.2, -0.15) is 0 Å². The Kier molecular flexibility index (Phi) is 6.08. The first-order valence-electron chi connectivity index (χ1n) is 6.92. The second kappa shape index (κ2) is 7.82. The molecule has 0 saturated heterocycles. The smallest absolute Gasteiger partial charge is 0.119 e. The van der Waals surface area contributed by atoms with Crippen LogP contribution in [0.5, 0.6) is 5.75 Å². The highest BCUT2D eigenvalue weighted by molar-refractivity contribution is 9.10. The van der Waals surface area contributed by atoms with Gasteiger partial charge in [-0.25, -0.2) is 0 Å². The summed E-state index contributed by atoms with van der Waals surface area (Å²) in [6.45, 7) is 3.80. The van der Waals surface area contributed by atoms with Crippen molar-refractivity contribution in [1.29, 1.82) is 0 Å². The predicted molar refractivity (Wildman–Crippen MR) is 94.5 cm³/mol. The summed E-state index contributed by atoms with van der Waals surface area (Å²) in [6, 6.07) is 10.6. The first kappa shape index (κ1) is 16.3. The SMILES string of the molecule is CC(Nc1ccc(OCCN(C)C)cc1)c1cc(Br)cs1. The highest BCUT2D eigenvalue weighted by Crippen LogP contribution is 2.28. The van der Waals surface area contributed by atoms with Crippen molar-refractivity contribution in [3.63, 3.8) is 0 Å². The second-order valence-electron chi connectivity index (χ2n) is 5.21. The van der Waals surface area contributed by atoms with Gasteiger partial charge in [0.25, 0.3) is 0 Å². The van der Waals surface area contributed by atoms with Gasteiger partial charge >= 0.3 is 0 Å². The van der Waals surface area contributed by atoms with Crippen molar-refractivity contribution in [3.8, 4) is 5.75 Å². The lowest BCUT2D eigenvalue weighted by atomic mass is 10.2. The number of nitrogens with zero attached hydrogens (tertiary/aromatic N) is 1. The van der Waals surface area contributed by atoms with Gasteiger partial charge in [-0.15, -0.1) is 11.3 Å². The van der Waals surface area contributed by atoms with E-state index in [-0.39, 0.29) is 0 Å². The topological polar surface area (TPSA) is 24.5 Å². The lowest BCUT2D eigenvalue weighted by Crippen LogP contribution is -2.19. The van der Waals surface area contributed by atoms with Crippen LogP contribution < -0.4 is 10.1 Å². The summed E-state index contributed by atoms with van der Waals surface area (Å²) in [7, 11) is 4.08. The van der Waals surface area contributed by atoms with Crippen molar-refractivity contribution in [2.75, 3.05) is 32.6 Å². The molecule has 0 radical (unpaired) electrons. The number of anilines is 1. The highest BCUT2D eigenvalue weighted by atomic mass is 79.9. The number of ether oxygens (including phenoxy) is 1. The largest absolute Gasteiger partial charge is 0.492 e. The van der Waals surface area contributed by atoms with Gasteiger partial charge < -0.3 is 15.0 Å². The quantitative estimate of drug-likeness (QED) is 0.771. The van der Waals surface area contributed by atoms with Crippen molar-refractivity contribution in [2.45, 2.75) is 13.0 Å². The van der Waals surface area contributed by atoms with E-state index < -0.39 is 0 Å². The number of rotatable bonds is 7. The van der Waals surface area contributed by atoms with Crippen LogP contribution in [0.3, 0.4) is 0 Å². The van der Waals surface area contributed by atoms with Crippen LogP contribution in [0, 0.1) is 0 Å². The van der Waals surface area contributed by atoms with E-state index in [0.717, 1.165) is 22.5 Å². The van der Waals surface area contributed by atoms with Crippen molar-refractivity contribution < 1.29 is 4.74 Å². The molecule has 0 aliphatic rings. The van der Waals surface area contributed by atoms with Crippen molar-refractivity contribution in [2.24, 2.45) is 0 Å². The zero-order valence-corrected chi connectivity index (χ0v) is 15.0. The first-order valence-corrected chi connectivity index (χ1v) is 8.60. The molecular formula is C16H21BrN2OS. The first-order chi connectivity index (χ1) is 10.0. The maximum Gasteiger partial charge on any atom is 0.119 e. The zero-order chi connectivity index (χ0) is 15.2. The van der Waals surface area contributed by atoms with Gasteiger partial charge in [-0.3, -0.25) is 0 Å². The Bertz CT molecular complexity index is 554. The molecule has 0 spiro atoms. The molecule has 0 fully saturated rings. The summed E-state index contributed by atoms with van der Waals surface area (Å²) in [4.78, 5) is 3.42. The molecule has 1 heterocycles. The van der Waals surface area contributed by atoms with Crippen LogP contribution in [-0.2, 0) is 0 Å². The van der Waals surface area contributed by atoms with Gasteiger partial charge in [0.15, 0.2) is 0 Å². The minimum atomic E-state index is 0.293. The molecule has 0 saturated carbocycles. The monoisotopic (exact) mass is 368 g/mol. The Morgan fingerprint density at radius 1 is 1.29 bits per heavy atom. The van der Waals surface area contributed by atoms with Crippen LogP contribution >= 0.6 is 27.3 Å². The normalized spacial score (nSPS) is 12.4. The molecule has 2 rings (SSSR count). The molecule has 1 atom stereocenters. The minimum Gasteiger partial charge on any atom is -0.492 e. The number of nitrogens with one attached hydrogen (secondary N) is 1. The molecule has 1 aromatic heterocycles. The summed E-state index contributed by atoms with van der Waals surface area (Å²) < 4.78 is 6.83. The standard InChI is InChI=1S/C16H21BrN2OS/c1-12(16-10-13(17)11-21-16)18-14-4-6-15(7-5-14)20-9-8-19(2)3/h4-7,10-12,18H,8-9H2,1-3H3. The summed E-state index contributed by atoms with van der Waals surface area (Å²) in [6.07, 6.45) is 0. The molecule has 0 amide bonds. The number of thiophene rings is 1. The van der Waals surface area contributed by atoms with E-state index in [1.165, 1.54) is 4.88 Å². The molecule has 21 heavy (non-hydrogen) atoms. The Morgan fingerprint density at radius 3 is 2.57 bits per heavy atom. The fraction of sp³-hybridized carbons (Fsp3) is 0.375. The van der Waals surface area contributed by atoms with Gasteiger partial charge in [0.1, 0.15) is 12.4 Å². The summed E-state index contributed by atoms with van der Waals surface area (Å²) in [5.41, 5.74) is 1.10. The molecule has 1 unspecified atom stereocenters. The lowest BCUT2D eigenvalue weighted by Gasteiger charge is -2.15. The zero-order valence-electron chi connectivity index (χ0n) is 12.6. The number of hydrogen-bond donors (Lipinski definition) is 1.